The number of hydrogen-bond donors (Lipinski definition) is 2. The first kappa shape index (κ1) is 19.5. The number of aromatic nitrogens is 2. The van der Waals surface area contributed by atoms with Gasteiger partial charge in [-0.3, -0.25) is 4.79 Å². The summed E-state index contributed by atoms with van der Waals surface area (Å²) in [6, 6.07) is 13.8. The Morgan fingerprint density at radius 3 is 2.62 bits per heavy atom. The minimum absolute atomic E-state index is 0.00390. The summed E-state index contributed by atoms with van der Waals surface area (Å²) in [5.74, 6) is -0.460. The van der Waals surface area contributed by atoms with E-state index in [1.54, 1.807) is 12.1 Å². The molecule has 0 spiro atoms. The van der Waals surface area contributed by atoms with E-state index in [9.17, 15) is 23.1 Å². The van der Waals surface area contributed by atoms with Crippen molar-refractivity contribution >= 4 is 34.9 Å². The fourth-order valence-corrected chi connectivity index (χ4v) is 3.74. The smallest absolute Gasteiger partial charge is 0.362 e. The van der Waals surface area contributed by atoms with Gasteiger partial charge in [-0.05, 0) is 29.8 Å². The molecule has 2 heterocycles. The van der Waals surface area contributed by atoms with E-state index in [4.69, 9.17) is 0 Å². The average molecular weight is 420 g/mol. The van der Waals surface area contributed by atoms with Crippen LogP contribution in [0.4, 0.5) is 13.2 Å². The molecule has 0 aliphatic carbocycles. The van der Waals surface area contributed by atoms with E-state index in [1.807, 2.05) is 24.3 Å². The number of H-pyrrole nitrogens is 1. The highest BCUT2D eigenvalue weighted by atomic mass is 32.2. The highest BCUT2D eigenvalue weighted by Crippen LogP contribution is 2.39. The molecule has 0 bridgehead atoms. The van der Waals surface area contributed by atoms with Crippen LogP contribution in [0.2, 0.25) is 0 Å². The van der Waals surface area contributed by atoms with Gasteiger partial charge < -0.3 is 10.1 Å². The van der Waals surface area contributed by atoms with E-state index < -0.39 is 24.2 Å². The van der Waals surface area contributed by atoms with Crippen LogP contribution in [-0.4, -0.2) is 44.1 Å². The van der Waals surface area contributed by atoms with Gasteiger partial charge in [-0.2, -0.15) is 23.3 Å². The van der Waals surface area contributed by atoms with Crippen molar-refractivity contribution < 1.29 is 23.1 Å². The Morgan fingerprint density at radius 1 is 1.21 bits per heavy atom. The van der Waals surface area contributed by atoms with Gasteiger partial charge in [0.05, 0.1) is 11.0 Å². The molecule has 0 saturated heterocycles. The maximum Gasteiger partial charge on any atom is 0.438 e. The van der Waals surface area contributed by atoms with E-state index in [2.05, 4.69) is 15.1 Å². The van der Waals surface area contributed by atoms with Crippen molar-refractivity contribution in [1.82, 2.24) is 15.0 Å². The largest absolute Gasteiger partial charge is 0.438 e. The Labute approximate surface area is 167 Å². The summed E-state index contributed by atoms with van der Waals surface area (Å²) in [7, 11) is 0. The molecule has 2 N–H and O–H groups in total. The first-order valence-corrected chi connectivity index (χ1v) is 9.59. The zero-order valence-electron chi connectivity index (χ0n) is 14.8. The summed E-state index contributed by atoms with van der Waals surface area (Å²) in [4.78, 5) is 20.1. The molecule has 1 aliphatic heterocycles. The maximum atomic E-state index is 13.1. The number of thioether (sulfide) groups is 1. The number of alkyl halides is 3. The van der Waals surface area contributed by atoms with Crippen LogP contribution in [-0.2, 0) is 5.75 Å². The minimum Gasteiger partial charge on any atom is -0.362 e. The first-order valence-electron chi connectivity index (χ1n) is 8.60. The van der Waals surface area contributed by atoms with E-state index in [0.717, 1.165) is 28.0 Å². The lowest BCUT2D eigenvalue weighted by Gasteiger charge is -2.32. The molecule has 1 aliphatic rings. The molecule has 3 aromatic rings. The number of hydrazone groups is 1. The molecule has 29 heavy (non-hydrogen) atoms. The van der Waals surface area contributed by atoms with Crippen LogP contribution < -0.4 is 0 Å². The van der Waals surface area contributed by atoms with Gasteiger partial charge in [0.15, 0.2) is 5.16 Å². The van der Waals surface area contributed by atoms with Gasteiger partial charge in [0.1, 0.15) is 0 Å². The first-order chi connectivity index (χ1) is 13.8. The molecular formula is C19H15F3N4O2S. The lowest BCUT2D eigenvalue weighted by molar-refractivity contribution is -0.297. The number of para-hydroxylation sites is 2. The quantitative estimate of drug-likeness (QED) is 0.627. The lowest BCUT2D eigenvalue weighted by atomic mass is 10.1. The van der Waals surface area contributed by atoms with Crippen molar-refractivity contribution in [2.45, 2.75) is 29.2 Å². The molecule has 1 aromatic heterocycles. The van der Waals surface area contributed by atoms with E-state index in [0.29, 0.717) is 5.75 Å². The van der Waals surface area contributed by atoms with Gasteiger partial charge in [-0.1, -0.05) is 36.0 Å². The molecular weight excluding hydrogens is 405 g/mol. The summed E-state index contributed by atoms with van der Waals surface area (Å²) in [5, 5.41) is 14.1. The topological polar surface area (TPSA) is 81.6 Å². The number of rotatable bonds is 4. The third-order valence-corrected chi connectivity index (χ3v) is 5.46. The molecule has 10 heteroatoms. The van der Waals surface area contributed by atoms with Crippen LogP contribution in [0.15, 0.2) is 58.8 Å². The van der Waals surface area contributed by atoms with Gasteiger partial charge in [0, 0.05) is 24.0 Å². The fourth-order valence-electron chi connectivity index (χ4n) is 2.90. The Kier molecular flexibility index (Phi) is 4.83. The van der Waals surface area contributed by atoms with Crippen LogP contribution in [0.3, 0.4) is 0 Å². The van der Waals surface area contributed by atoms with Crippen molar-refractivity contribution in [3.63, 3.8) is 0 Å². The number of nitrogens with zero attached hydrogens (tertiary/aromatic N) is 3. The second-order valence-corrected chi connectivity index (χ2v) is 7.44. The van der Waals surface area contributed by atoms with Crippen LogP contribution in [0.1, 0.15) is 22.3 Å². The molecule has 1 unspecified atom stereocenters. The fraction of sp³-hybridized carbons (Fsp3) is 0.211. The van der Waals surface area contributed by atoms with Crippen LogP contribution in [0, 0.1) is 0 Å². The molecule has 4 rings (SSSR count). The molecule has 1 amide bonds. The highest BCUT2D eigenvalue weighted by Gasteiger charge is 2.61. The molecule has 150 valence electrons. The standard InChI is InChI=1S/C19H15F3N4O2S/c20-19(21,22)18(28)9-10-23-26(18)16(27)13-7-5-12(6-8-13)11-29-17-24-14-3-1-2-4-15(14)25-17/h1-8,10,28H,9,11H2,(H,24,25). The second kappa shape index (κ2) is 7.20. The number of benzene rings is 2. The third-order valence-electron chi connectivity index (χ3n) is 4.51. The van der Waals surface area contributed by atoms with Crippen molar-refractivity contribution in [3.05, 3.63) is 59.7 Å². The van der Waals surface area contributed by atoms with Crippen molar-refractivity contribution in [2.24, 2.45) is 5.10 Å². The molecule has 6 nitrogen and oxygen atoms in total. The number of imidazole rings is 1. The molecule has 0 radical (unpaired) electrons. The Morgan fingerprint density at radius 2 is 1.93 bits per heavy atom. The number of hydrogen-bond acceptors (Lipinski definition) is 5. The number of aliphatic hydroxyl groups is 1. The number of carbonyl (C=O) groups excluding carboxylic acids is 1. The monoisotopic (exact) mass is 420 g/mol. The molecule has 1 atom stereocenters. The van der Waals surface area contributed by atoms with E-state index in [1.165, 1.54) is 23.9 Å². The predicted octanol–water partition coefficient (Wildman–Crippen LogP) is 3.94. The minimum atomic E-state index is -5.01. The summed E-state index contributed by atoms with van der Waals surface area (Å²) < 4.78 is 39.4. The van der Waals surface area contributed by atoms with Gasteiger partial charge in [-0.25, -0.2) is 4.98 Å². The van der Waals surface area contributed by atoms with Crippen LogP contribution in [0.25, 0.3) is 11.0 Å². The summed E-state index contributed by atoms with van der Waals surface area (Å²) in [6.45, 7) is 0. The van der Waals surface area contributed by atoms with Gasteiger partial charge >= 0.3 is 6.18 Å². The normalized spacial score (nSPS) is 19.2. The lowest BCUT2D eigenvalue weighted by Crippen LogP contribution is -2.56. The average Bonchev–Trinajstić information content (AvgIpc) is 3.29. The summed E-state index contributed by atoms with van der Waals surface area (Å²) in [5.41, 5.74) is -0.661. The third kappa shape index (κ3) is 3.60. The van der Waals surface area contributed by atoms with Crippen molar-refractivity contribution in [2.75, 3.05) is 0 Å². The molecule has 2 aromatic carbocycles. The SMILES string of the molecule is O=C(c1ccc(CSc2nc3ccccc3[nH]2)cc1)N1N=CCC1(O)C(F)(F)F. The van der Waals surface area contributed by atoms with Crippen molar-refractivity contribution in [1.29, 1.82) is 0 Å². The maximum absolute atomic E-state index is 13.1. The summed E-state index contributed by atoms with van der Waals surface area (Å²) in [6.07, 6.45) is -4.93. The summed E-state index contributed by atoms with van der Waals surface area (Å²) >= 11 is 1.47. The number of nitrogens with one attached hydrogen (secondary N) is 1. The van der Waals surface area contributed by atoms with Crippen LogP contribution in [0.5, 0.6) is 0 Å². The Balaban J connectivity index is 1.45. The number of carbonyl (C=O) groups is 1. The van der Waals surface area contributed by atoms with Gasteiger partial charge in [-0.15, -0.1) is 0 Å². The Bertz CT molecular complexity index is 1050. The van der Waals surface area contributed by atoms with Crippen LogP contribution >= 0.6 is 11.8 Å². The van der Waals surface area contributed by atoms with Gasteiger partial charge in [0.25, 0.3) is 11.6 Å². The molecule has 0 saturated carbocycles. The van der Waals surface area contributed by atoms with E-state index in [-0.39, 0.29) is 10.6 Å². The van der Waals surface area contributed by atoms with Gasteiger partial charge in [0.2, 0.25) is 0 Å². The predicted molar refractivity (Wildman–Crippen MR) is 102 cm³/mol. The van der Waals surface area contributed by atoms with E-state index >= 15 is 0 Å². The number of halogens is 3. The highest BCUT2D eigenvalue weighted by molar-refractivity contribution is 7.98. The number of fused-ring (bicyclic) bond motifs is 1. The number of aromatic amines is 1. The number of amides is 1. The zero-order chi connectivity index (χ0) is 20.6. The molecule has 0 fully saturated rings. The Hall–Kier alpha value is -2.85. The van der Waals surface area contributed by atoms with Crippen molar-refractivity contribution in [3.8, 4) is 0 Å². The second-order valence-electron chi connectivity index (χ2n) is 6.48. The zero-order valence-corrected chi connectivity index (χ0v) is 15.7.